The second kappa shape index (κ2) is 8.45. The Hall–Kier alpha value is -1.84. The number of carbonyl (C=O) groups is 2. The Labute approximate surface area is 167 Å². The fourth-order valence-electron chi connectivity index (χ4n) is 2.77. The van der Waals surface area contributed by atoms with E-state index in [-0.39, 0.29) is 28.5 Å². The minimum atomic E-state index is -2.73. The zero-order valence-electron chi connectivity index (χ0n) is 13.8. The van der Waals surface area contributed by atoms with Crippen LogP contribution in [-0.4, -0.2) is 40.0 Å². The van der Waals surface area contributed by atoms with Gasteiger partial charge in [0.05, 0.1) is 16.0 Å². The summed E-state index contributed by atoms with van der Waals surface area (Å²) in [6.07, 6.45) is -1.51. The molecule has 0 bridgehead atoms. The summed E-state index contributed by atoms with van der Waals surface area (Å²) >= 11 is 12.5. The third kappa shape index (κ3) is 4.72. The van der Waals surface area contributed by atoms with Gasteiger partial charge in [-0.2, -0.15) is 0 Å². The van der Waals surface area contributed by atoms with Gasteiger partial charge in [0, 0.05) is 18.7 Å². The first-order chi connectivity index (χ1) is 12.8. The first-order valence-corrected chi connectivity index (χ1v) is 9.59. The van der Waals surface area contributed by atoms with Gasteiger partial charge >= 0.3 is 0 Å². The number of alkyl halides is 2. The number of halogens is 4. The van der Waals surface area contributed by atoms with E-state index in [9.17, 15) is 18.4 Å². The quantitative estimate of drug-likeness (QED) is 0.779. The summed E-state index contributed by atoms with van der Waals surface area (Å²) in [5.41, 5.74) is 0.385. The van der Waals surface area contributed by atoms with Gasteiger partial charge in [0.15, 0.2) is 5.01 Å². The monoisotopic (exact) mass is 434 g/mol. The Balaban J connectivity index is 1.64. The molecule has 3 rings (SSSR count). The van der Waals surface area contributed by atoms with Crippen molar-refractivity contribution in [2.45, 2.75) is 19.3 Å². The highest BCUT2D eigenvalue weighted by Crippen LogP contribution is 2.27. The normalized spacial score (nSPS) is 17.2. The minimum absolute atomic E-state index is 0.0169. The molecule has 2 aromatic rings. The van der Waals surface area contributed by atoms with Crippen molar-refractivity contribution >= 4 is 51.5 Å². The molecule has 11 heteroatoms. The lowest BCUT2D eigenvalue weighted by Gasteiger charge is -2.32. The van der Waals surface area contributed by atoms with Crippen molar-refractivity contribution in [3.63, 3.8) is 0 Å². The van der Waals surface area contributed by atoms with Crippen LogP contribution in [0.4, 0.5) is 13.9 Å². The average molecular weight is 435 g/mol. The van der Waals surface area contributed by atoms with E-state index in [2.05, 4.69) is 15.5 Å². The Morgan fingerprint density at radius 2 is 2.04 bits per heavy atom. The first kappa shape index (κ1) is 19.9. The molecule has 1 aromatic carbocycles. The van der Waals surface area contributed by atoms with Crippen LogP contribution >= 0.6 is 34.5 Å². The molecule has 1 fully saturated rings. The zero-order chi connectivity index (χ0) is 19.6. The molecule has 1 aliphatic heterocycles. The summed E-state index contributed by atoms with van der Waals surface area (Å²) in [5.74, 6) is -1.09. The molecule has 1 unspecified atom stereocenters. The molecule has 6 nitrogen and oxygen atoms in total. The van der Waals surface area contributed by atoms with Gasteiger partial charge in [0.25, 0.3) is 12.3 Å². The molecule has 1 aliphatic rings. The molecule has 2 amide bonds. The van der Waals surface area contributed by atoms with Crippen LogP contribution in [-0.2, 0) is 4.79 Å². The summed E-state index contributed by atoms with van der Waals surface area (Å²) < 4.78 is 25.1. The molecule has 0 saturated carbocycles. The molecular formula is C16H14Cl2F2N4O2S. The molecule has 2 heterocycles. The molecule has 0 aliphatic carbocycles. The molecule has 27 heavy (non-hydrogen) atoms. The lowest BCUT2D eigenvalue weighted by Crippen LogP contribution is -2.43. The van der Waals surface area contributed by atoms with Gasteiger partial charge in [-0.25, -0.2) is 8.78 Å². The van der Waals surface area contributed by atoms with Crippen molar-refractivity contribution in [1.29, 1.82) is 0 Å². The van der Waals surface area contributed by atoms with Crippen molar-refractivity contribution in [1.82, 2.24) is 15.1 Å². The summed E-state index contributed by atoms with van der Waals surface area (Å²) in [7, 11) is 0. The number of nitrogens with zero attached hydrogens (tertiary/aromatic N) is 3. The Morgan fingerprint density at radius 1 is 1.26 bits per heavy atom. The van der Waals surface area contributed by atoms with Crippen molar-refractivity contribution < 1.29 is 18.4 Å². The van der Waals surface area contributed by atoms with Crippen LogP contribution in [0.5, 0.6) is 0 Å². The number of hydrogen-bond acceptors (Lipinski definition) is 5. The molecule has 1 N–H and O–H groups in total. The molecule has 1 saturated heterocycles. The first-order valence-electron chi connectivity index (χ1n) is 8.02. The van der Waals surface area contributed by atoms with E-state index in [1.807, 2.05) is 0 Å². The molecule has 0 spiro atoms. The number of nitrogens with one attached hydrogen (secondary N) is 1. The van der Waals surface area contributed by atoms with Crippen molar-refractivity contribution in [2.24, 2.45) is 5.92 Å². The molecular weight excluding hydrogens is 421 g/mol. The Morgan fingerprint density at radius 3 is 2.70 bits per heavy atom. The Kier molecular flexibility index (Phi) is 6.23. The average Bonchev–Trinajstić information content (AvgIpc) is 3.12. The lowest BCUT2D eigenvalue weighted by atomic mass is 9.96. The molecule has 144 valence electrons. The second-order valence-corrected chi connectivity index (χ2v) is 7.78. The van der Waals surface area contributed by atoms with Crippen LogP contribution in [0.2, 0.25) is 10.0 Å². The number of rotatable bonds is 4. The number of piperidine rings is 1. The van der Waals surface area contributed by atoms with Crippen LogP contribution in [0.15, 0.2) is 18.2 Å². The summed E-state index contributed by atoms with van der Waals surface area (Å²) in [6, 6.07) is 4.61. The highest BCUT2D eigenvalue weighted by atomic mass is 35.5. The van der Waals surface area contributed by atoms with Crippen LogP contribution in [0.3, 0.4) is 0 Å². The molecule has 1 aromatic heterocycles. The highest BCUT2D eigenvalue weighted by molar-refractivity contribution is 7.15. The van der Waals surface area contributed by atoms with Crippen LogP contribution < -0.4 is 5.32 Å². The van der Waals surface area contributed by atoms with Gasteiger partial charge in [-0.05, 0) is 31.0 Å². The van der Waals surface area contributed by atoms with E-state index < -0.39 is 17.4 Å². The predicted octanol–water partition coefficient (Wildman–Crippen LogP) is 4.27. The number of aromatic nitrogens is 2. The van der Waals surface area contributed by atoms with E-state index in [4.69, 9.17) is 23.2 Å². The van der Waals surface area contributed by atoms with Gasteiger partial charge in [0.1, 0.15) is 0 Å². The van der Waals surface area contributed by atoms with Gasteiger partial charge in [-0.1, -0.05) is 34.5 Å². The van der Waals surface area contributed by atoms with E-state index >= 15 is 0 Å². The topological polar surface area (TPSA) is 75.2 Å². The maximum atomic E-state index is 12.7. The number of likely N-dealkylation sites (tertiary alicyclic amines) is 1. The number of benzene rings is 1. The SMILES string of the molecule is O=C(Nc1nnc(C(F)F)s1)C1CCCN(C(=O)c2ccc(Cl)c(Cl)c2)C1. The largest absolute Gasteiger partial charge is 0.338 e. The highest BCUT2D eigenvalue weighted by Gasteiger charge is 2.30. The van der Waals surface area contributed by atoms with E-state index in [1.165, 1.54) is 6.07 Å². The second-order valence-electron chi connectivity index (χ2n) is 5.95. The maximum Gasteiger partial charge on any atom is 0.291 e. The number of amides is 2. The molecule has 0 radical (unpaired) electrons. The summed E-state index contributed by atoms with van der Waals surface area (Å²) in [4.78, 5) is 26.6. The number of hydrogen-bond donors (Lipinski definition) is 1. The lowest BCUT2D eigenvalue weighted by molar-refractivity contribution is -0.121. The van der Waals surface area contributed by atoms with Gasteiger partial charge in [-0.15, -0.1) is 10.2 Å². The number of carbonyl (C=O) groups excluding carboxylic acids is 2. The molecule has 1 atom stereocenters. The fraction of sp³-hybridized carbons (Fsp3) is 0.375. The minimum Gasteiger partial charge on any atom is -0.338 e. The van der Waals surface area contributed by atoms with Crippen molar-refractivity contribution in [3.8, 4) is 0 Å². The van der Waals surface area contributed by atoms with Gasteiger partial charge in [0.2, 0.25) is 11.0 Å². The smallest absolute Gasteiger partial charge is 0.291 e. The van der Waals surface area contributed by atoms with E-state index in [0.29, 0.717) is 41.3 Å². The predicted molar refractivity (Wildman–Crippen MR) is 98.6 cm³/mol. The zero-order valence-corrected chi connectivity index (χ0v) is 16.1. The Bertz CT molecular complexity index is 865. The van der Waals surface area contributed by atoms with Gasteiger partial charge < -0.3 is 10.2 Å². The van der Waals surface area contributed by atoms with E-state index in [0.717, 1.165) is 0 Å². The number of anilines is 1. The van der Waals surface area contributed by atoms with Crippen LogP contribution in [0, 0.1) is 5.92 Å². The fourth-order valence-corrected chi connectivity index (χ4v) is 3.67. The summed E-state index contributed by atoms with van der Waals surface area (Å²) in [6.45, 7) is 0.725. The van der Waals surface area contributed by atoms with Crippen molar-refractivity contribution in [2.75, 3.05) is 18.4 Å². The van der Waals surface area contributed by atoms with E-state index in [1.54, 1.807) is 17.0 Å². The summed E-state index contributed by atoms with van der Waals surface area (Å²) in [5, 5.41) is 9.56. The third-order valence-corrected chi connectivity index (χ3v) is 5.69. The maximum absolute atomic E-state index is 12.7. The van der Waals surface area contributed by atoms with Crippen LogP contribution in [0.1, 0.15) is 34.6 Å². The third-order valence-electron chi connectivity index (χ3n) is 4.10. The van der Waals surface area contributed by atoms with Gasteiger partial charge in [-0.3, -0.25) is 9.59 Å². The van der Waals surface area contributed by atoms with Crippen molar-refractivity contribution in [3.05, 3.63) is 38.8 Å². The van der Waals surface area contributed by atoms with Crippen LogP contribution in [0.25, 0.3) is 0 Å². The standard InChI is InChI=1S/C16H14Cl2F2N4O2S/c17-10-4-3-8(6-11(10)18)15(26)24-5-1-2-9(7-24)13(25)21-16-23-22-14(27-16)12(19)20/h3-4,6,9,12H,1-2,5,7H2,(H,21,23,25).